The van der Waals surface area contributed by atoms with E-state index in [1.165, 1.54) is 71.0 Å². The molecule has 0 saturated heterocycles. The van der Waals surface area contributed by atoms with Gasteiger partial charge in [0.1, 0.15) is 11.5 Å². The highest BCUT2D eigenvalue weighted by atomic mass is 16.5. The molecular formula is C50H30N2O. The summed E-state index contributed by atoms with van der Waals surface area (Å²) in [5.41, 5.74) is 11.7. The predicted molar refractivity (Wildman–Crippen MR) is 221 cm³/mol. The number of rotatable bonds is 3. The molecule has 3 heteroatoms. The fourth-order valence-electron chi connectivity index (χ4n) is 9.00. The topological polar surface area (TPSA) is 19.1 Å². The van der Waals surface area contributed by atoms with E-state index < -0.39 is 0 Å². The van der Waals surface area contributed by atoms with Crippen molar-refractivity contribution in [2.24, 2.45) is 0 Å². The minimum absolute atomic E-state index is 0.874. The molecule has 0 amide bonds. The van der Waals surface area contributed by atoms with Gasteiger partial charge in [-0.05, 0) is 88.1 Å². The molecule has 0 N–H and O–H groups in total. The van der Waals surface area contributed by atoms with E-state index in [2.05, 4.69) is 191 Å². The molecule has 0 saturated carbocycles. The zero-order valence-electron chi connectivity index (χ0n) is 28.6. The number of para-hydroxylation sites is 3. The van der Waals surface area contributed by atoms with E-state index in [0.29, 0.717) is 0 Å². The number of fused-ring (bicyclic) bond motifs is 10. The monoisotopic (exact) mass is 674 g/mol. The van der Waals surface area contributed by atoms with Gasteiger partial charge in [0.15, 0.2) is 0 Å². The third-order valence-electron chi connectivity index (χ3n) is 11.3. The molecule has 9 aromatic carbocycles. The number of hydrogen-bond donors (Lipinski definition) is 0. The van der Waals surface area contributed by atoms with Crippen molar-refractivity contribution in [2.75, 3.05) is 0 Å². The van der Waals surface area contributed by atoms with Gasteiger partial charge in [-0.2, -0.15) is 0 Å². The fraction of sp³-hybridized carbons (Fsp3) is 0. The first-order chi connectivity index (χ1) is 26.3. The maximum absolute atomic E-state index is 6.83. The molecule has 3 nitrogen and oxygen atoms in total. The van der Waals surface area contributed by atoms with Gasteiger partial charge in [0.2, 0.25) is 0 Å². The smallest absolute Gasteiger partial charge is 0.135 e. The van der Waals surface area contributed by atoms with Gasteiger partial charge in [0, 0.05) is 43.6 Å². The van der Waals surface area contributed by atoms with Crippen molar-refractivity contribution in [1.29, 1.82) is 0 Å². The maximum atomic E-state index is 6.83. The Balaban J connectivity index is 1.07. The van der Waals surface area contributed by atoms with Crippen LogP contribution in [0, 0.1) is 0 Å². The predicted octanol–water partition coefficient (Wildman–Crippen LogP) is 13.6. The zero-order chi connectivity index (χ0) is 34.6. The van der Waals surface area contributed by atoms with Gasteiger partial charge in [0.25, 0.3) is 0 Å². The highest BCUT2D eigenvalue weighted by molar-refractivity contribution is 6.26. The van der Waals surface area contributed by atoms with Gasteiger partial charge in [-0.3, -0.25) is 0 Å². The summed E-state index contributed by atoms with van der Waals surface area (Å²) < 4.78 is 11.7. The number of benzene rings is 9. The second kappa shape index (κ2) is 10.7. The summed E-state index contributed by atoms with van der Waals surface area (Å²) in [4.78, 5) is 0. The quantitative estimate of drug-likeness (QED) is 0.183. The van der Waals surface area contributed by atoms with Crippen LogP contribution in [0.4, 0.5) is 0 Å². The molecule has 3 heterocycles. The average Bonchev–Trinajstić information content (AvgIpc) is 3.73. The van der Waals surface area contributed by atoms with E-state index in [9.17, 15) is 0 Å². The third kappa shape index (κ3) is 3.99. The lowest BCUT2D eigenvalue weighted by Crippen LogP contribution is -1.99. The molecule has 2 aromatic heterocycles. The minimum Gasteiger partial charge on any atom is -0.456 e. The Morgan fingerprint density at radius 1 is 0.340 bits per heavy atom. The van der Waals surface area contributed by atoms with Crippen LogP contribution in [0.1, 0.15) is 0 Å². The Labute approximate surface area is 305 Å². The molecule has 1 aliphatic heterocycles. The lowest BCUT2D eigenvalue weighted by atomic mass is 9.90. The Bertz CT molecular complexity index is 3310. The minimum atomic E-state index is 0.874. The number of aromatic nitrogens is 2. The van der Waals surface area contributed by atoms with Gasteiger partial charge >= 0.3 is 0 Å². The number of nitrogens with zero attached hydrogens (tertiary/aromatic N) is 2. The molecular weight excluding hydrogens is 645 g/mol. The molecule has 246 valence electrons. The number of hydrogen-bond acceptors (Lipinski definition) is 1. The highest BCUT2D eigenvalue weighted by Gasteiger charge is 2.25. The molecule has 0 spiro atoms. The molecule has 1 aliphatic rings. The second-order valence-corrected chi connectivity index (χ2v) is 14.1. The van der Waals surface area contributed by atoms with Gasteiger partial charge in [-0.25, -0.2) is 0 Å². The molecule has 0 bridgehead atoms. The summed E-state index contributed by atoms with van der Waals surface area (Å²) in [6.45, 7) is 0. The normalized spacial score (nSPS) is 12.3. The largest absolute Gasteiger partial charge is 0.456 e. The summed E-state index contributed by atoms with van der Waals surface area (Å²) in [5, 5.41) is 9.83. The molecule has 0 fully saturated rings. The van der Waals surface area contributed by atoms with Crippen LogP contribution >= 0.6 is 0 Å². The van der Waals surface area contributed by atoms with Crippen molar-refractivity contribution in [1.82, 2.24) is 9.13 Å². The van der Waals surface area contributed by atoms with Crippen molar-refractivity contribution >= 4 is 65.2 Å². The SMILES string of the molecule is c1ccc(-n2c3ccccc3c3c4cccc5c4c(cc32)-c2ccc(-c3ccc4c6ccccc6n(-c6cccc7ccccc67)c4c3)cc2O5)cc1. The first-order valence-electron chi connectivity index (χ1n) is 18.2. The molecule has 12 rings (SSSR count). The highest BCUT2D eigenvalue weighted by Crippen LogP contribution is 2.51. The third-order valence-corrected chi connectivity index (χ3v) is 11.3. The van der Waals surface area contributed by atoms with Crippen LogP contribution in [0.2, 0.25) is 0 Å². The fourth-order valence-corrected chi connectivity index (χ4v) is 9.00. The van der Waals surface area contributed by atoms with Crippen LogP contribution in [0.15, 0.2) is 182 Å². The van der Waals surface area contributed by atoms with E-state index in [0.717, 1.165) is 39.3 Å². The Kier molecular flexibility index (Phi) is 5.77. The molecule has 0 radical (unpaired) electrons. The second-order valence-electron chi connectivity index (χ2n) is 14.1. The summed E-state index contributed by atoms with van der Waals surface area (Å²) in [5.74, 6) is 1.77. The Morgan fingerprint density at radius 3 is 1.89 bits per heavy atom. The van der Waals surface area contributed by atoms with E-state index in [-0.39, 0.29) is 0 Å². The van der Waals surface area contributed by atoms with Crippen LogP contribution in [-0.4, -0.2) is 9.13 Å². The number of ether oxygens (including phenoxy) is 1. The van der Waals surface area contributed by atoms with Crippen molar-refractivity contribution in [3.63, 3.8) is 0 Å². The molecule has 0 unspecified atom stereocenters. The summed E-state index contributed by atoms with van der Waals surface area (Å²) in [6.07, 6.45) is 0. The van der Waals surface area contributed by atoms with Crippen molar-refractivity contribution in [2.45, 2.75) is 0 Å². The van der Waals surface area contributed by atoms with Crippen molar-refractivity contribution in [3.8, 4) is 45.1 Å². The summed E-state index contributed by atoms with van der Waals surface area (Å²) in [6, 6.07) is 65.9. The average molecular weight is 675 g/mol. The van der Waals surface area contributed by atoms with Crippen LogP contribution in [-0.2, 0) is 0 Å². The lowest BCUT2D eigenvalue weighted by molar-refractivity contribution is 0.487. The lowest BCUT2D eigenvalue weighted by Gasteiger charge is -2.23. The van der Waals surface area contributed by atoms with Crippen molar-refractivity contribution in [3.05, 3.63) is 182 Å². The van der Waals surface area contributed by atoms with Gasteiger partial charge in [0.05, 0.1) is 27.8 Å². The van der Waals surface area contributed by atoms with E-state index in [4.69, 9.17) is 4.74 Å². The molecule has 0 atom stereocenters. The van der Waals surface area contributed by atoms with Crippen molar-refractivity contribution < 1.29 is 4.74 Å². The van der Waals surface area contributed by atoms with Crippen LogP contribution < -0.4 is 4.74 Å². The Hall–Kier alpha value is -7.10. The standard InChI is InChI=1S/C50H30N2O/c1-2-14-34(15-3-1)51-44-21-9-7-18-39(44)49-40-19-11-23-47-50(40)41(30-46(49)51)38-27-25-33(29-48(38)53-47)32-24-26-37-36-17-6-8-20-43(36)52(45(37)28-32)42-22-10-13-31-12-4-5-16-35(31)42/h1-30H. The van der Waals surface area contributed by atoms with Crippen LogP contribution in [0.3, 0.4) is 0 Å². The van der Waals surface area contributed by atoms with E-state index >= 15 is 0 Å². The first kappa shape index (κ1) is 28.6. The summed E-state index contributed by atoms with van der Waals surface area (Å²) >= 11 is 0. The maximum Gasteiger partial charge on any atom is 0.135 e. The molecule has 11 aromatic rings. The first-order valence-corrected chi connectivity index (χ1v) is 18.2. The summed E-state index contributed by atoms with van der Waals surface area (Å²) in [7, 11) is 0. The van der Waals surface area contributed by atoms with Gasteiger partial charge < -0.3 is 13.9 Å². The van der Waals surface area contributed by atoms with Crippen LogP contribution in [0.5, 0.6) is 11.5 Å². The van der Waals surface area contributed by atoms with Crippen LogP contribution in [0.25, 0.3) is 98.8 Å². The van der Waals surface area contributed by atoms with E-state index in [1.54, 1.807) is 0 Å². The van der Waals surface area contributed by atoms with Gasteiger partial charge in [-0.1, -0.05) is 121 Å². The molecule has 53 heavy (non-hydrogen) atoms. The van der Waals surface area contributed by atoms with E-state index in [1.807, 2.05) is 0 Å². The Morgan fingerprint density at radius 2 is 1.00 bits per heavy atom. The zero-order valence-corrected chi connectivity index (χ0v) is 28.6. The molecule has 0 aliphatic carbocycles. The van der Waals surface area contributed by atoms with Gasteiger partial charge in [-0.15, -0.1) is 0 Å².